The lowest BCUT2D eigenvalue weighted by molar-refractivity contribution is 0.551. The van der Waals surface area contributed by atoms with Gasteiger partial charge < -0.3 is 0 Å². The fraction of sp³-hybridized carbons (Fsp3) is 0. The van der Waals surface area contributed by atoms with Gasteiger partial charge >= 0.3 is 10.2 Å². The molecule has 0 unspecified atom stereocenters. The summed E-state index contributed by atoms with van der Waals surface area (Å²) in [5, 5.41) is 0.0856. The highest BCUT2D eigenvalue weighted by molar-refractivity contribution is 9.10. The summed E-state index contributed by atoms with van der Waals surface area (Å²) in [6, 6.07) is 1.05. The van der Waals surface area contributed by atoms with Crippen LogP contribution in [0.2, 0.25) is 5.15 Å². The van der Waals surface area contributed by atoms with Gasteiger partial charge in [-0.05, 0) is 22.0 Å². The van der Waals surface area contributed by atoms with Crippen molar-refractivity contribution in [1.82, 2.24) is 4.98 Å². The Labute approximate surface area is 81.9 Å². The predicted molar refractivity (Wildman–Crippen MR) is 45.2 cm³/mol. The molecule has 0 fully saturated rings. The van der Waals surface area contributed by atoms with Crippen LogP contribution in [0.4, 0.5) is 3.89 Å². The maximum atomic E-state index is 12.3. The first-order chi connectivity index (χ1) is 5.41. The second-order valence-corrected chi connectivity index (χ2v) is 4.44. The Morgan fingerprint density at radius 1 is 1.58 bits per heavy atom. The Bertz CT molecular complexity index is 408. The number of halogens is 3. The van der Waals surface area contributed by atoms with Gasteiger partial charge in [0.25, 0.3) is 0 Å². The fourth-order valence-corrected chi connectivity index (χ4v) is 1.58. The molecule has 1 aromatic heterocycles. The van der Waals surface area contributed by atoms with Gasteiger partial charge in [0.2, 0.25) is 0 Å². The van der Waals surface area contributed by atoms with Gasteiger partial charge in [0, 0.05) is 0 Å². The fourth-order valence-electron chi connectivity index (χ4n) is 0.537. The van der Waals surface area contributed by atoms with Crippen molar-refractivity contribution in [2.24, 2.45) is 0 Å². The molecule has 0 amide bonds. The third-order valence-corrected chi connectivity index (χ3v) is 2.97. The van der Waals surface area contributed by atoms with E-state index in [4.69, 9.17) is 11.6 Å². The van der Waals surface area contributed by atoms with Crippen molar-refractivity contribution >= 4 is 37.8 Å². The minimum absolute atomic E-state index is 0.0856. The largest absolute Gasteiger partial charge is 0.333 e. The monoisotopic (exact) mass is 273 g/mol. The summed E-state index contributed by atoms with van der Waals surface area (Å²) in [6.45, 7) is 0. The van der Waals surface area contributed by atoms with E-state index in [-0.39, 0.29) is 9.63 Å². The molecule has 0 saturated heterocycles. The Morgan fingerprint density at radius 2 is 2.17 bits per heavy atom. The molecule has 0 aliphatic carbocycles. The number of nitrogens with zero attached hydrogens (tertiary/aromatic N) is 1. The second-order valence-electron chi connectivity index (χ2n) is 1.88. The van der Waals surface area contributed by atoms with Crippen LogP contribution in [0.3, 0.4) is 0 Å². The number of pyridine rings is 1. The van der Waals surface area contributed by atoms with E-state index in [1.807, 2.05) is 0 Å². The molecule has 0 aliphatic rings. The summed E-state index contributed by atoms with van der Waals surface area (Å²) in [6.07, 6.45) is 0.850. The van der Waals surface area contributed by atoms with E-state index in [0.29, 0.717) is 0 Å². The minimum Gasteiger partial charge on any atom is -0.242 e. The van der Waals surface area contributed by atoms with Crippen LogP contribution in [0, 0.1) is 0 Å². The maximum Gasteiger partial charge on any atom is 0.333 e. The minimum atomic E-state index is -4.69. The highest BCUT2D eigenvalue weighted by atomic mass is 79.9. The third-order valence-electron chi connectivity index (χ3n) is 1.05. The number of rotatable bonds is 1. The second kappa shape index (κ2) is 3.27. The van der Waals surface area contributed by atoms with Crippen LogP contribution in [0.5, 0.6) is 0 Å². The van der Waals surface area contributed by atoms with Crippen LogP contribution in [-0.4, -0.2) is 13.4 Å². The third kappa shape index (κ3) is 2.15. The topological polar surface area (TPSA) is 47.0 Å². The van der Waals surface area contributed by atoms with Gasteiger partial charge in [0.05, 0.1) is 10.7 Å². The number of hydrogen-bond donors (Lipinski definition) is 0. The number of aromatic nitrogens is 1. The van der Waals surface area contributed by atoms with Crippen molar-refractivity contribution in [1.29, 1.82) is 0 Å². The van der Waals surface area contributed by atoms with Crippen LogP contribution in [-0.2, 0) is 10.2 Å². The van der Waals surface area contributed by atoms with Crippen molar-refractivity contribution in [2.45, 2.75) is 4.90 Å². The van der Waals surface area contributed by atoms with E-state index in [9.17, 15) is 12.3 Å². The summed E-state index contributed by atoms with van der Waals surface area (Å²) >= 11 is 8.37. The molecular formula is C5H2BrClFNO2S. The molecule has 0 saturated carbocycles. The molecule has 1 aromatic rings. The van der Waals surface area contributed by atoms with E-state index >= 15 is 0 Å². The molecule has 1 heterocycles. The van der Waals surface area contributed by atoms with Crippen molar-refractivity contribution in [3.05, 3.63) is 21.9 Å². The van der Waals surface area contributed by atoms with Gasteiger partial charge in [0.15, 0.2) is 0 Å². The normalized spacial score (nSPS) is 11.6. The molecule has 0 spiro atoms. The highest BCUT2D eigenvalue weighted by Gasteiger charge is 2.13. The first kappa shape index (κ1) is 9.88. The molecule has 0 radical (unpaired) electrons. The van der Waals surface area contributed by atoms with Gasteiger partial charge in [-0.1, -0.05) is 11.6 Å². The Balaban J connectivity index is 3.33. The van der Waals surface area contributed by atoms with E-state index in [1.165, 1.54) is 0 Å². The van der Waals surface area contributed by atoms with Crippen LogP contribution in [0.15, 0.2) is 21.6 Å². The molecule has 66 valence electrons. The zero-order valence-corrected chi connectivity index (χ0v) is 8.62. The predicted octanol–water partition coefficient (Wildman–Crippen LogP) is 2.16. The SMILES string of the molecule is O=S(=O)(F)c1cnc(Cl)c(Br)c1. The van der Waals surface area contributed by atoms with Crippen molar-refractivity contribution < 1.29 is 12.3 Å². The van der Waals surface area contributed by atoms with Crippen LogP contribution in [0.25, 0.3) is 0 Å². The first-order valence-electron chi connectivity index (χ1n) is 2.67. The van der Waals surface area contributed by atoms with E-state index in [1.54, 1.807) is 0 Å². The highest BCUT2D eigenvalue weighted by Crippen LogP contribution is 2.23. The van der Waals surface area contributed by atoms with E-state index in [0.717, 1.165) is 12.3 Å². The Morgan fingerprint density at radius 3 is 2.58 bits per heavy atom. The van der Waals surface area contributed by atoms with Gasteiger partial charge in [-0.3, -0.25) is 0 Å². The summed E-state index contributed by atoms with van der Waals surface area (Å²) < 4.78 is 33.2. The Kier molecular flexibility index (Phi) is 2.70. The van der Waals surface area contributed by atoms with Crippen molar-refractivity contribution in [3.63, 3.8) is 0 Å². The summed E-state index contributed by atoms with van der Waals surface area (Å²) in [5.74, 6) is 0. The molecule has 12 heavy (non-hydrogen) atoms. The van der Waals surface area contributed by atoms with E-state index < -0.39 is 15.1 Å². The lowest BCUT2D eigenvalue weighted by Gasteiger charge is -1.96. The van der Waals surface area contributed by atoms with Crippen molar-refractivity contribution in [3.8, 4) is 0 Å². The standard InChI is InChI=1S/C5H2BrClFNO2S/c6-4-1-3(12(8,10)11)2-9-5(4)7/h1-2H. The zero-order valence-electron chi connectivity index (χ0n) is 5.46. The lowest BCUT2D eigenvalue weighted by atomic mass is 10.5. The molecule has 3 nitrogen and oxygen atoms in total. The van der Waals surface area contributed by atoms with Crippen LogP contribution in [0.1, 0.15) is 0 Å². The summed E-state index contributed by atoms with van der Waals surface area (Å²) in [7, 11) is -4.69. The number of hydrogen-bond acceptors (Lipinski definition) is 3. The van der Waals surface area contributed by atoms with Gasteiger partial charge in [0.1, 0.15) is 10.0 Å². The average molecular weight is 274 g/mol. The first-order valence-corrected chi connectivity index (χ1v) is 5.22. The van der Waals surface area contributed by atoms with Gasteiger partial charge in [-0.25, -0.2) is 4.98 Å². The molecule has 0 bridgehead atoms. The molecule has 0 N–H and O–H groups in total. The van der Waals surface area contributed by atoms with Gasteiger partial charge in [-0.15, -0.1) is 3.89 Å². The average Bonchev–Trinajstić information content (AvgIpc) is 1.92. The van der Waals surface area contributed by atoms with Crippen LogP contribution >= 0.6 is 27.5 Å². The Hall–Kier alpha value is -0.200. The summed E-state index contributed by atoms with van der Waals surface area (Å²) in [4.78, 5) is 2.93. The van der Waals surface area contributed by atoms with Gasteiger partial charge in [-0.2, -0.15) is 8.42 Å². The molecule has 0 aliphatic heterocycles. The molecule has 7 heteroatoms. The zero-order chi connectivity index (χ0) is 9.35. The molecule has 0 aromatic carbocycles. The van der Waals surface area contributed by atoms with E-state index in [2.05, 4.69) is 20.9 Å². The maximum absolute atomic E-state index is 12.3. The molecular weight excluding hydrogens is 272 g/mol. The molecule has 1 rings (SSSR count). The van der Waals surface area contributed by atoms with Crippen LogP contribution < -0.4 is 0 Å². The quantitative estimate of drug-likeness (QED) is 0.582. The van der Waals surface area contributed by atoms with Crippen molar-refractivity contribution in [2.75, 3.05) is 0 Å². The smallest absolute Gasteiger partial charge is 0.242 e. The molecule has 0 atom stereocenters. The lowest BCUT2D eigenvalue weighted by Crippen LogP contribution is -1.93. The summed E-state index contributed by atoms with van der Waals surface area (Å²) in [5.41, 5.74) is 0.